The van der Waals surface area contributed by atoms with Crippen LogP contribution >= 0.6 is 7.82 Å². The topological polar surface area (TPSA) is 103 Å². The van der Waals surface area contributed by atoms with Gasteiger partial charge in [0.1, 0.15) is 0 Å². The Morgan fingerprint density at radius 2 is 1.08 bits per heavy atom. The Morgan fingerprint density at radius 3 is 1.08 bits per heavy atom. The summed E-state index contributed by atoms with van der Waals surface area (Å²) in [6.45, 7) is 1.32. The van der Waals surface area contributed by atoms with Crippen LogP contribution in [0.4, 0.5) is 0 Å². The first-order valence-corrected chi connectivity index (χ1v) is 2.90. The van der Waals surface area contributed by atoms with Crippen molar-refractivity contribution in [2.24, 2.45) is 0 Å². The van der Waals surface area contributed by atoms with Crippen LogP contribution in [0.5, 0.6) is 0 Å². The summed E-state index contributed by atoms with van der Waals surface area (Å²) >= 11 is 0. The normalized spacial score (nSPS) is 6.00. The van der Waals surface area contributed by atoms with E-state index in [1.165, 1.54) is 13.2 Å². The largest absolute Gasteiger partial charge is 1.00 e. The van der Waals surface area contributed by atoms with Gasteiger partial charge in [-0.1, -0.05) is 0 Å². The number of phosphoric acid groups is 1. The minimum Gasteiger partial charge on any atom is -0.822 e. The van der Waals surface area contributed by atoms with Crippen molar-refractivity contribution in [1.29, 1.82) is 0 Å². The van der Waals surface area contributed by atoms with Crippen molar-refractivity contribution in [3.8, 4) is 0 Å². The van der Waals surface area contributed by atoms with Crippen LogP contribution in [0.25, 0.3) is 0 Å². The maximum atomic E-state index is 8.68. The second-order valence-electron chi connectivity index (χ2n) is 0.651. The first-order valence-electron chi connectivity index (χ1n) is 1.43. The van der Waals surface area contributed by atoms with Gasteiger partial charge in [0.2, 0.25) is 0 Å². The maximum Gasteiger partial charge on any atom is 1.00 e. The summed E-state index contributed by atoms with van der Waals surface area (Å²) in [6.07, 6.45) is 1.50. The van der Waals surface area contributed by atoms with Crippen molar-refractivity contribution in [2.75, 3.05) is 0 Å². The zero-order valence-electron chi connectivity index (χ0n) is 7.99. The third kappa shape index (κ3) is 191. The van der Waals surface area contributed by atoms with Crippen molar-refractivity contribution in [3.05, 3.63) is 0 Å². The first kappa shape index (κ1) is 36.2. The molecule has 0 radical (unpaired) electrons. The van der Waals surface area contributed by atoms with E-state index in [0.717, 1.165) is 0 Å². The minimum atomic E-state index is -5.39. The predicted octanol–water partition coefficient (Wildman–Crippen LogP) is -14.7. The Morgan fingerprint density at radius 1 is 1.08 bits per heavy atom. The Labute approximate surface area is 150 Å². The number of hydrogen-bond acceptors (Lipinski definition) is 5. The van der Waals surface area contributed by atoms with E-state index >= 15 is 0 Å². The molecule has 0 saturated heterocycles. The second kappa shape index (κ2) is 23.8. The molecule has 0 atom stereocenters. The molecule has 12 heavy (non-hydrogen) atoms. The zero-order valence-corrected chi connectivity index (χ0v) is 12.0. The molecule has 0 aliphatic carbocycles. The minimum absolute atomic E-state index is 0. The van der Waals surface area contributed by atoms with Gasteiger partial charge >= 0.3 is 108 Å². The molecular formula is C2H3KLi3O5P. The average molecular weight is 198 g/mol. The van der Waals surface area contributed by atoms with Gasteiger partial charge in [-0.15, -0.1) is 0 Å². The molecule has 0 aromatic rings. The van der Waals surface area contributed by atoms with E-state index < -0.39 is 7.82 Å². The molecule has 0 amide bonds. The SMILES string of the molecule is C[C-]=O.O=P([O-])([O-])[O-].[K+].[Li+].[Li+].[Li+]. The van der Waals surface area contributed by atoms with Gasteiger partial charge in [0.05, 0.1) is 0 Å². The van der Waals surface area contributed by atoms with Crippen LogP contribution in [0.3, 0.4) is 0 Å². The van der Waals surface area contributed by atoms with Gasteiger partial charge in [-0.25, -0.2) is 0 Å². The van der Waals surface area contributed by atoms with E-state index in [-0.39, 0.29) is 108 Å². The third-order valence-corrected chi connectivity index (χ3v) is 0. The molecular weight excluding hydrogens is 195 g/mol. The molecule has 0 N–H and O–H groups in total. The van der Waals surface area contributed by atoms with Crippen molar-refractivity contribution < 1.29 is 132 Å². The van der Waals surface area contributed by atoms with E-state index in [0.29, 0.717) is 0 Å². The van der Waals surface area contributed by atoms with E-state index in [2.05, 4.69) is 0 Å². The maximum absolute atomic E-state index is 8.68. The Bertz CT molecular complexity index is 98.6. The molecule has 0 aliphatic heterocycles. The smallest absolute Gasteiger partial charge is 0.822 e. The number of carbonyl (C=O) groups excluding carboxylic acids is 1. The number of rotatable bonds is 0. The van der Waals surface area contributed by atoms with E-state index in [9.17, 15) is 0 Å². The Hall–Kier alpha value is 3.21. The van der Waals surface area contributed by atoms with Crippen molar-refractivity contribution >= 4 is 14.1 Å². The zero-order chi connectivity index (χ0) is 7.21. The predicted molar refractivity (Wildman–Crippen MR) is 19.0 cm³/mol. The van der Waals surface area contributed by atoms with Gasteiger partial charge in [0, 0.05) is 0 Å². The summed E-state index contributed by atoms with van der Waals surface area (Å²) in [4.78, 5) is 34.3. The third-order valence-electron chi connectivity index (χ3n) is 0. The van der Waals surface area contributed by atoms with Gasteiger partial charge in [-0.2, -0.15) is 14.7 Å². The molecule has 0 rings (SSSR count). The fourth-order valence-corrected chi connectivity index (χ4v) is 0. The van der Waals surface area contributed by atoms with Crippen molar-refractivity contribution in [2.45, 2.75) is 6.92 Å². The first-order chi connectivity index (χ1) is 3.41. The van der Waals surface area contributed by atoms with Crippen LogP contribution < -0.4 is 123 Å². The summed E-state index contributed by atoms with van der Waals surface area (Å²) in [5.41, 5.74) is 0. The van der Waals surface area contributed by atoms with Gasteiger partial charge in [-0.3, -0.25) is 6.29 Å². The van der Waals surface area contributed by atoms with Crippen LogP contribution in [0, 0.1) is 0 Å². The summed E-state index contributed by atoms with van der Waals surface area (Å²) in [5.74, 6) is 0. The van der Waals surface area contributed by atoms with Crippen molar-refractivity contribution in [1.82, 2.24) is 0 Å². The van der Waals surface area contributed by atoms with Crippen LogP contribution in [0.15, 0.2) is 0 Å². The second-order valence-corrected chi connectivity index (χ2v) is 1.55. The Kier molecular flexibility index (Phi) is 71.8. The van der Waals surface area contributed by atoms with Crippen LogP contribution in [-0.2, 0) is 9.36 Å². The molecule has 10 heteroatoms. The molecule has 0 aromatic carbocycles. The van der Waals surface area contributed by atoms with Gasteiger partial charge in [-0.05, 0) is 0 Å². The van der Waals surface area contributed by atoms with E-state index in [1.54, 1.807) is 0 Å². The molecule has 0 bridgehead atoms. The molecule has 0 saturated carbocycles. The molecule has 50 valence electrons. The quantitative estimate of drug-likeness (QED) is 0.218. The fourth-order valence-electron chi connectivity index (χ4n) is 0. The van der Waals surface area contributed by atoms with Gasteiger partial charge in [0.15, 0.2) is 0 Å². The Balaban J connectivity index is -0.0000000119. The molecule has 0 aromatic heterocycles. The standard InChI is InChI=1S/C2H3O.K.3Li.H3O4P/c1-2-3;;;;;1-5(2,3)4/h1H3;;;;;(H3,1,2,3,4)/q-1;4*+1;/p-3. The molecule has 0 unspecified atom stereocenters. The number of hydrogen-bond donors (Lipinski definition) is 0. The van der Waals surface area contributed by atoms with E-state index in [4.69, 9.17) is 24.0 Å². The van der Waals surface area contributed by atoms with Gasteiger partial charge < -0.3 is 24.0 Å². The van der Waals surface area contributed by atoms with Crippen molar-refractivity contribution in [3.63, 3.8) is 0 Å². The summed E-state index contributed by atoms with van der Waals surface area (Å²) in [7, 11) is -5.39. The molecule has 0 fully saturated rings. The summed E-state index contributed by atoms with van der Waals surface area (Å²) in [5, 5.41) is 0. The fraction of sp³-hybridized carbons (Fsp3) is 0.500. The molecule has 5 nitrogen and oxygen atoms in total. The van der Waals surface area contributed by atoms with Gasteiger partial charge in [0.25, 0.3) is 0 Å². The molecule has 0 spiro atoms. The average Bonchev–Trinajstić information content (AvgIpc) is 1.27. The van der Waals surface area contributed by atoms with Crippen LogP contribution in [-0.4, -0.2) is 6.29 Å². The van der Waals surface area contributed by atoms with Crippen LogP contribution in [0.2, 0.25) is 0 Å². The molecule has 0 heterocycles. The summed E-state index contributed by atoms with van der Waals surface area (Å²) < 4.78 is 8.55. The monoisotopic (exact) mass is 198 g/mol. The van der Waals surface area contributed by atoms with Crippen LogP contribution in [0.1, 0.15) is 6.92 Å². The van der Waals surface area contributed by atoms with E-state index in [1.807, 2.05) is 0 Å². The summed E-state index contributed by atoms with van der Waals surface area (Å²) in [6, 6.07) is 0. The molecule has 0 aliphatic rings.